The Morgan fingerprint density at radius 1 is 0.412 bits per heavy atom. The van der Waals surface area contributed by atoms with Crippen LogP contribution in [0.15, 0.2) is 182 Å². The van der Waals surface area contributed by atoms with Gasteiger partial charge in [0.25, 0.3) is 0 Å². The SMILES string of the molecule is O=P1(c2ccccc2)c2ccccc2-c2cc(-c3ccc4c(c3)c3ccccc3n4-c3nc(-c4ccccc4)cc(-c4ccccc4)n3)ccc21. The predicted octanol–water partition coefficient (Wildman–Crippen LogP) is 10.2. The summed E-state index contributed by atoms with van der Waals surface area (Å²) in [4.78, 5) is 10.4. The average Bonchev–Trinajstić information content (AvgIpc) is 3.68. The zero-order chi connectivity index (χ0) is 33.9. The molecule has 0 saturated heterocycles. The first-order valence-corrected chi connectivity index (χ1v) is 18.8. The van der Waals surface area contributed by atoms with Crippen molar-refractivity contribution in [1.82, 2.24) is 14.5 Å². The molecule has 0 amide bonds. The van der Waals surface area contributed by atoms with E-state index in [0.29, 0.717) is 5.95 Å². The van der Waals surface area contributed by atoms with E-state index in [1.54, 1.807) is 0 Å². The van der Waals surface area contributed by atoms with Crippen molar-refractivity contribution in [1.29, 1.82) is 0 Å². The Balaban J connectivity index is 1.16. The highest BCUT2D eigenvalue weighted by atomic mass is 31.2. The van der Waals surface area contributed by atoms with Crippen LogP contribution in [0.25, 0.3) is 72.5 Å². The molecule has 3 heterocycles. The lowest BCUT2D eigenvalue weighted by molar-refractivity contribution is 0.593. The Hall–Kier alpha value is -6.35. The number of fused-ring (bicyclic) bond motifs is 6. The number of hydrogen-bond acceptors (Lipinski definition) is 3. The van der Waals surface area contributed by atoms with Crippen molar-refractivity contribution in [3.63, 3.8) is 0 Å². The standard InChI is InChI=1S/C46H30N3OP/c50-51(35-18-8-3-9-19-35)44-23-13-11-21-37(44)39-29-34(25-27-45(39)51)33-24-26-43-38(28-33)36-20-10-12-22-42(36)49(43)46-47-40(31-14-4-1-5-15-31)30-41(48-46)32-16-6-2-7-17-32/h1-30H. The van der Waals surface area contributed by atoms with E-state index in [-0.39, 0.29) is 0 Å². The molecule has 2 aromatic heterocycles. The first kappa shape index (κ1) is 29.6. The molecule has 9 aromatic rings. The second kappa shape index (κ2) is 11.6. The smallest absolute Gasteiger partial charge is 0.235 e. The highest BCUT2D eigenvalue weighted by Gasteiger charge is 2.40. The first-order chi connectivity index (χ1) is 25.2. The maximum atomic E-state index is 15.0. The monoisotopic (exact) mass is 671 g/mol. The Morgan fingerprint density at radius 2 is 0.961 bits per heavy atom. The van der Waals surface area contributed by atoms with E-state index in [1.165, 1.54) is 0 Å². The van der Waals surface area contributed by atoms with Crippen LogP contribution in [-0.4, -0.2) is 14.5 Å². The van der Waals surface area contributed by atoms with Crippen LogP contribution >= 0.6 is 7.14 Å². The topological polar surface area (TPSA) is 47.8 Å². The molecule has 0 spiro atoms. The molecule has 1 unspecified atom stereocenters. The summed E-state index contributed by atoms with van der Waals surface area (Å²) in [5.41, 5.74) is 10.1. The van der Waals surface area contributed by atoms with E-state index < -0.39 is 7.14 Å². The molecular weight excluding hydrogens is 642 g/mol. The number of aromatic nitrogens is 3. The van der Waals surface area contributed by atoms with Gasteiger partial charge in [-0.2, -0.15) is 0 Å². The molecule has 10 rings (SSSR count). The fourth-order valence-corrected chi connectivity index (χ4v) is 10.7. The van der Waals surface area contributed by atoms with Crippen LogP contribution in [0.5, 0.6) is 0 Å². The van der Waals surface area contributed by atoms with Crippen LogP contribution in [0, 0.1) is 0 Å². The van der Waals surface area contributed by atoms with E-state index in [9.17, 15) is 4.57 Å². The lowest BCUT2D eigenvalue weighted by Gasteiger charge is -2.16. The molecule has 0 radical (unpaired) electrons. The Bertz CT molecular complexity index is 2770. The quantitative estimate of drug-likeness (QED) is 0.171. The highest BCUT2D eigenvalue weighted by molar-refractivity contribution is 7.86. The van der Waals surface area contributed by atoms with Gasteiger partial charge in [0, 0.05) is 37.8 Å². The second-order valence-corrected chi connectivity index (χ2v) is 15.6. The van der Waals surface area contributed by atoms with Gasteiger partial charge in [-0.15, -0.1) is 0 Å². The van der Waals surface area contributed by atoms with Crippen molar-refractivity contribution in [2.45, 2.75) is 0 Å². The third-order valence-electron chi connectivity index (χ3n) is 10.0. The minimum absolute atomic E-state index is 0.625. The van der Waals surface area contributed by atoms with Gasteiger partial charge in [0.05, 0.1) is 22.4 Å². The van der Waals surface area contributed by atoms with Gasteiger partial charge in [-0.05, 0) is 58.7 Å². The molecule has 0 saturated carbocycles. The van der Waals surface area contributed by atoms with Crippen LogP contribution in [0.4, 0.5) is 0 Å². The van der Waals surface area contributed by atoms with E-state index in [4.69, 9.17) is 9.97 Å². The van der Waals surface area contributed by atoms with Gasteiger partial charge in [-0.25, -0.2) is 9.97 Å². The second-order valence-electron chi connectivity index (χ2n) is 12.9. The summed E-state index contributed by atoms with van der Waals surface area (Å²) in [7, 11) is -2.99. The molecule has 0 bridgehead atoms. The Kier molecular flexibility index (Phi) is 6.74. The first-order valence-electron chi connectivity index (χ1n) is 17.1. The lowest BCUT2D eigenvalue weighted by atomic mass is 9.98. The van der Waals surface area contributed by atoms with Gasteiger partial charge in [-0.3, -0.25) is 4.57 Å². The largest absolute Gasteiger partial charge is 0.309 e. The van der Waals surface area contributed by atoms with Crippen molar-refractivity contribution in [3.05, 3.63) is 182 Å². The third kappa shape index (κ3) is 4.65. The van der Waals surface area contributed by atoms with Crippen LogP contribution in [-0.2, 0) is 4.57 Å². The summed E-state index contributed by atoms with van der Waals surface area (Å²) in [6, 6.07) is 62.2. The van der Waals surface area contributed by atoms with Crippen molar-refractivity contribution in [2.75, 3.05) is 0 Å². The molecule has 1 aliphatic heterocycles. The van der Waals surface area contributed by atoms with Crippen LogP contribution in [0.2, 0.25) is 0 Å². The maximum absolute atomic E-state index is 15.0. The molecule has 1 atom stereocenters. The molecule has 51 heavy (non-hydrogen) atoms. The molecule has 0 N–H and O–H groups in total. The van der Waals surface area contributed by atoms with Crippen molar-refractivity contribution >= 4 is 44.9 Å². The summed E-state index contributed by atoms with van der Waals surface area (Å²) >= 11 is 0. The Labute approximate surface area is 295 Å². The Morgan fingerprint density at radius 3 is 1.69 bits per heavy atom. The lowest BCUT2D eigenvalue weighted by Crippen LogP contribution is -2.20. The van der Waals surface area contributed by atoms with Crippen LogP contribution < -0.4 is 15.9 Å². The number of hydrogen-bond donors (Lipinski definition) is 0. The van der Waals surface area contributed by atoms with Gasteiger partial charge < -0.3 is 4.57 Å². The third-order valence-corrected chi connectivity index (χ3v) is 13.2. The number of para-hydroxylation sites is 1. The predicted molar refractivity (Wildman–Crippen MR) is 211 cm³/mol. The average molecular weight is 672 g/mol. The van der Waals surface area contributed by atoms with Gasteiger partial charge in [0.1, 0.15) is 0 Å². The summed E-state index contributed by atoms with van der Waals surface area (Å²) in [6.07, 6.45) is 0. The minimum atomic E-state index is -2.99. The summed E-state index contributed by atoms with van der Waals surface area (Å²) in [5.74, 6) is 0.625. The maximum Gasteiger partial charge on any atom is 0.235 e. The molecule has 240 valence electrons. The number of rotatable bonds is 5. The van der Waals surface area contributed by atoms with E-state index in [2.05, 4.69) is 102 Å². The zero-order valence-electron chi connectivity index (χ0n) is 27.5. The van der Waals surface area contributed by atoms with Crippen LogP contribution in [0.1, 0.15) is 0 Å². The fourth-order valence-electron chi connectivity index (χ4n) is 7.64. The normalized spacial score (nSPS) is 14.8. The molecule has 7 aromatic carbocycles. The van der Waals surface area contributed by atoms with Gasteiger partial charge in [-0.1, -0.05) is 146 Å². The van der Waals surface area contributed by atoms with E-state index in [1.807, 2.05) is 84.9 Å². The summed E-state index contributed by atoms with van der Waals surface area (Å²) in [5, 5.41) is 4.93. The summed E-state index contributed by atoms with van der Waals surface area (Å²) < 4.78 is 17.2. The number of nitrogens with zero attached hydrogens (tertiary/aromatic N) is 3. The highest BCUT2D eigenvalue weighted by Crippen LogP contribution is 2.52. The molecule has 4 nitrogen and oxygen atoms in total. The molecule has 1 aliphatic rings. The zero-order valence-corrected chi connectivity index (χ0v) is 28.4. The van der Waals surface area contributed by atoms with E-state index >= 15 is 0 Å². The van der Waals surface area contributed by atoms with Crippen molar-refractivity contribution < 1.29 is 4.57 Å². The molecular formula is C46H30N3OP. The van der Waals surface area contributed by atoms with Gasteiger partial charge >= 0.3 is 0 Å². The summed E-state index contributed by atoms with van der Waals surface area (Å²) in [6.45, 7) is 0. The van der Waals surface area contributed by atoms with Crippen molar-refractivity contribution in [2.24, 2.45) is 0 Å². The van der Waals surface area contributed by atoms with Crippen molar-refractivity contribution in [3.8, 4) is 50.7 Å². The van der Waals surface area contributed by atoms with Gasteiger partial charge in [0.2, 0.25) is 5.95 Å². The molecule has 0 aliphatic carbocycles. The minimum Gasteiger partial charge on any atom is -0.309 e. The van der Waals surface area contributed by atoms with Gasteiger partial charge in [0.15, 0.2) is 7.14 Å². The molecule has 0 fully saturated rings. The number of benzene rings is 7. The van der Waals surface area contributed by atoms with E-state index in [0.717, 1.165) is 82.5 Å². The molecule has 5 heteroatoms. The fraction of sp³-hybridized carbons (Fsp3) is 0. The van der Waals surface area contributed by atoms with Crippen LogP contribution in [0.3, 0.4) is 0 Å².